The van der Waals surface area contributed by atoms with Gasteiger partial charge >= 0.3 is 0 Å². The van der Waals surface area contributed by atoms with E-state index in [1.165, 1.54) is 61.6 Å². The molecule has 0 aromatic heterocycles. The molecule has 0 N–H and O–H groups in total. The molecule has 0 spiro atoms. The van der Waals surface area contributed by atoms with Gasteiger partial charge in [-0.1, -0.05) is 43.7 Å². The molecule has 0 amide bonds. The van der Waals surface area contributed by atoms with E-state index in [9.17, 15) is 0 Å². The second-order valence-electron chi connectivity index (χ2n) is 5.53. The summed E-state index contributed by atoms with van der Waals surface area (Å²) in [7, 11) is 0. The first-order valence-electron chi connectivity index (χ1n) is 7.71. The third kappa shape index (κ3) is 5.20. The Morgan fingerprint density at radius 1 is 0.737 bits per heavy atom. The zero-order chi connectivity index (χ0) is 13.3. The third-order valence-corrected chi connectivity index (χ3v) is 3.88. The van der Waals surface area contributed by atoms with Crippen molar-refractivity contribution in [3.63, 3.8) is 0 Å². The zero-order valence-corrected chi connectivity index (χ0v) is 12.0. The number of hydrogen-bond acceptors (Lipinski definition) is 1. The fourth-order valence-corrected chi connectivity index (χ4v) is 2.58. The van der Waals surface area contributed by atoms with Crippen molar-refractivity contribution < 1.29 is 4.74 Å². The zero-order valence-electron chi connectivity index (χ0n) is 12.0. The van der Waals surface area contributed by atoms with E-state index in [-0.39, 0.29) is 0 Å². The van der Waals surface area contributed by atoms with Gasteiger partial charge in [-0.05, 0) is 55.2 Å². The van der Waals surface area contributed by atoms with Crippen molar-refractivity contribution in [3.05, 3.63) is 42.0 Å². The van der Waals surface area contributed by atoms with Crippen LogP contribution in [0.15, 0.2) is 30.8 Å². The molecule has 2 aliphatic heterocycles. The highest BCUT2D eigenvalue weighted by Gasteiger charge is 2.01. The first kappa shape index (κ1) is 14.3. The van der Waals surface area contributed by atoms with Crippen LogP contribution < -0.4 is 0 Å². The van der Waals surface area contributed by atoms with Crippen LogP contribution >= 0.6 is 0 Å². The maximum Gasteiger partial charge on any atom is 0.0466 e. The lowest BCUT2D eigenvalue weighted by molar-refractivity contribution is 0.126. The molecule has 0 radical (unpaired) electrons. The van der Waals surface area contributed by atoms with Crippen molar-refractivity contribution in [2.24, 2.45) is 0 Å². The van der Waals surface area contributed by atoms with E-state index in [4.69, 9.17) is 4.74 Å². The maximum absolute atomic E-state index is 5.66. The standard InChI is InChI=1S/C18H26O/c1-16-8-4-2-6-14-19-15-7-3-5-9-17-10-12-18(16)13-11-17/h10-13H,1-9,14-15H2. The first-order chi connectivity index (χ1) is 9.36. The Morgan fingerprint density at radius 2 is 1.37 bits per heavy atom. The molecule has 0 saturated heterocycles. The highest BCUT2D eigenvalue weighted by Crippen LogP contribution is 2.20. The molecule has 104 valence electrons. The topological polar surface area (TPSA) is 9.23 Å². The largest absolute Gasteiger partial charge is 0.381 e. The molecule has 3 rings (SSSR count). The van der Waals surface area contributed by atoms with E-state index in [1.54, 1.807) is 0 Å². The summed E-state index contributed by atoms with van der Waals surface area (Å²) in [6, 6.07) is 9.02. The number of allylic oxidation sites excluding steroid dienone is 1. The summed E-state index contributed by atoms with van der Waals surface area (Å²) in [5.41, 5.74) is 4.04. The Morgan fingerprint density at radius 3 is 2.05 bits per heavy atom. The second-order valence-corrected chi connectivity index (χ2v) is 5.53. The highest BCUT2D eigenvalue weighted by atomic mass is 16.5. The lowest BCUT2D eigenvalue weighted by Crippen LogP contribution is -1.98. The van der Waals surface area contributed by atoms with Gasteiger partial charge in [0, 0.05) is 13.2 Å². The first-order valence-corrected chi connectivity index (χ1v) is 7.71. The molecule has 1 heteroatoms. The van der Waals surface area contributed by atoms with Crippen LogP contribution in [0.1, 0.15) is 56.1 Å². The van der Waals surface area contributed by atoms with Gasteiger partial charge in [0.25, 0.3) is 0 Å². The fraction of sp³-hybridized carbons (Fsp3) is 0.556. The molecule has 0 atom stereocenters. The Hall–Kier alpha value is -1.08. The van der Waals surface area contributed by atoms with Gasteiger partial charge in [0.15, 0.2) is 0 Å². The van der Waals surface area contributed by atoms with Crippen LogP contribution in [0.4, 0.5) is 0 Å². The lowest BCUT2D eigenvalue weighted by atomic mass is 9.98. The van der Waals surface area contributed by atoms with E-state index >= 15 is 0 Å². The van der Waals surface area contributed by atoms with Crippen molar-refractivity contribution in [2.75, 3.05) is 13.2 Å². The molecular weight excluding hydrogens is 232 g/mol. The summed E-state index contributed by atoms with van der Waals surface area (Å²) >= 11 is 0. The monoisotopic (exact) mass is 258 g/mol. The van der Waals surface area contributed by atoms with Crippen LogP contribution in [-0.2, 0) is 11.2 Å². The molecule has 2 bridgehead atoms. The number of aryl methyl sites for hydroxylation is 1. The van der Waals surface area contributed by atoms with Gasteiger partial charge in [-0.15, -0.1) is 0 Å². The maximum atomic E-state index is 5.66. The SMILES string of the molecule is C=C1CCCCCOCCCCCc2ccc1cc2. The summed E-state index contributed by atoms with van der Waals surface area (Å²) in [6.45, 7) is 6.08. The molecule has 0 aliphatic carbocycles. The molecule has 0 unspecified atom stereocenters. The minimum Gasteiger partial charge on any atom is -0.381 e. The molecule has 19 heavy (non-hydrogen) atoms. The van der Waals surface area contributed by atoms with Gasteiger partial charge in [-0.2, -0.15) is 0 Å². The number of fused-ring (bicyclic) bond motifs is 13. The molecule has 2 aliphatic rings. The predicted octanol–water partition coefficient (Wildman–Crippen LogP) is 5.00. The number of ether oxygens (including phenoxy) is 1. The van der Waals surface area contributed by atoms with Gasteiger partial charge in [-0.3, -0.25) is 0 Å². The van der Waals surface area contributed by atoms with E-state index in [0.29, 0.717) is 0 Å². The van der Waals surface area contributed by atoms with Gasteiger partial charge < -0.3 is 4.74 Å². The van der Waals surface area contributed by atoms with Crippen LogP contribution in [0, 0.1) is 0 Å². The molecule has 1 nitrogen and oxygen atoms in total. The molecule has 0 saturated carbocycles. The Bertz CT molecular complexity index is 377. The fourth-order valence-electron chi connectivity index (χ4n) is 2.58. The van der Waals surface area contributed by atoms with Crippen LogP contribution in [0.25, 0.3) is 5.57 Å². The summed E-state index contributed by atoms with van der Waals surface area (Å²) in [6.07, 6.45) is 9.70. The van der Waals surface area contributed by atoms with Crippen LogP contribution in [0.2, 0.25) is 0 Å². The van der Waals surface area contributed by atoms with Crippen LogP contribution in [-0.4, -0.2) is 13.2 Å². The average Bonchev–Trinajstić information content (AvgIpc) is 2.44. The van der Waals surface area contributed by atoms with Crippen molar-refractivity contribution in [1.82, 2.24) is 0 Å². The summed E-state index contributed by atoms with van der Waals surface area (Å²) in [4.78, 5) is 0. The van der Waals surface area contributed by atoms with Crippen molar-refractivity contribution in [2.45, 2.75) is 51.4 Å². The molecule has 0 fully saturated rings. The van der Waals surface area contributed by atoms with E-state index in [2.05, 4.69) is 30.8 Å². The van der Waals surface area contributed by atoms with Gasteiger partial charge in [0.2, 0.25) is 0 Å². The second kappa shape index (κ2) is 8.16. The van der Waals surface area contributed by atoms with Gasteiger partial charge in [0.05, 0.1) is 0 Å². The van der Waals surface area contributed by atoms with E-state index in [1.807, 2.05) is 0 Å². The minimum atomic E-state index is 0.931. The van der Waals surface area contributed by atoms with Gasteiger partial charge in [-0.25, -0.2) is 0 Å². The Balaban J connectivity index is 1.94. The van der Waals surface area contributed by atoms with Crippen molar-refractivity contribution in [1.29, 1.82) is 0 Å². The quantitative estimate of drug-likeness (QED) is 0.636. The van der Waals surface area contributed by atoms with E-state index < -0.39 is 0 Å². The summed E-state index contributed by atoms with van der Waals surface area (Å²) in [5.74, 6) is 0. The summed E-state index contributed by atoms with van der Waals surface area (Å²) < 4.78 is 5.66. The Kier molecular flexibility index (Phi) is 6.16. The van der Waals surface area contributed by atoms with Crippen molar-refractivity contribution in [3.8, 4) is 0 Å². The van der Waals surface area contributed by atoms with Crippen LogP contribution in [0.5, 0.6) is 0 Å². The van der Waals surface area contributed by atoms with Crippen LogP contribution in [0.3, 0.4) is 0 Å². The Labute approximate surface area is 117 Å². The molecule has 2 heterocycles. The molecular formula is C18H26O. The molecule has 1 aromatic carbocycles. The number of benzene rings is 1. The number of rotatable bonds is 0. The van der Waals surface area contributed by atoms with Gasteiger partial charge in [0.1, 0.15) is 0 Å². The average molecular weight is 258 g/mol. The summed E-state index contributed by atoms with van der Waals surface area (Å²) in [5, 5.41) is 0. The molecule has 1 aromatic rings. The predicted molar refractivity (Wildman–Crippen MR) is 82.3 cm³/mol. The smallest absolute Gasteiger partial charge is 0.0466 e. The number of hydrogen-bond donors (Lipinski definition) is 0. The van der Waals surface area contributed by atoms with E-state index in [0.717, 1.165) is 19.6 Å². The minimum absolute atomic E-state index is 0.931. The highest BCUT2D eigenvalue weighted by molar-refractivity contribution is 5.63. The van der Waals surface area contributed by atoms with Crippen molar-refractivity contribution >= 4 is 5.57 Å². The third-order valence-electron chi connectivity index (χ3n) is 3.88. The lowest BCUT2D eigenvalue weighted by Gasteiger charge is -2.09. The normalized spacial score (nSPS) is 19.5.